The molecule has 3 nitrogen and oxygen atoms in total. The number of benzene rings is 7. The van der Waals surface area contributed by atoms with Crippen LogP contribution in [0.5, 0.6) is 0 Å². The van der Waals surface area contributed by atoms with Crippen LogP contribution >= 0.6 is 0 Å². The lowest BCUT2D eigenvalue weighted by atomic mass is 9.94. The number of fused-ring (bicyclic) bond motifs is 6. The first-order chi connectivity index (χ1) is 22.8. The van der Waals surface area contributed by atoms with Gasteiger partial charge < -0.3 is 9.13 Å². The Kier molecular flexibility index (Phi) is 5.88. The monoisotopic (exact) mass is 585 g/mol. The van der Waals surface area contributed by atoms with E-state index in [1.54, 1.807) is 0 Å². The van der Waals surface area contributed by atoms with Gasteiger partial charge in [-0.2, -0.15) is 0 Å². The Morgan fingerprint density at radius 3 is 1.43 bits per heavy atom. The summed E-state index contributed by atoms with van der Waals surface area (Å²) in [7, 11) is 0. The molecule has 0 unspecified atom stereocenters. The highest BCUT2D eigenvalue weighted by Crippen LogP contribution is 2.44. The summed E-state index contributed by atoms with van der Waals surface area (Å²) in [6.07, 6.45) is 0. The molecule has 0 saturated heterocycles. The topological polar surface area (TPSA) is 14.2 Å². The molecular formula is C43H27N3. The molecule has 0 aliphatic heterocycles. The second-order valence-corrected chi connectivity index (χ2v) is 11.6. The number of para-hydroxylation sites is 6. The van der Waals surface area contributed by atoms with Crippen LogP contribution in [0.3, 0.4) is 0 Å². The summed E-state index contributed by atoms with van der Waals surface area (Å²) in [5, 5.41) is 4.90. The van der Waals surface area contributed by atoms with Crippen molar-refractivity contribution in [1.29, 1.82) is 0 Å². The molecule has 46 heavy (non-hydrogen) atoms. The first-order valence-corrected chi connectivity index (χ1v) is 15.5. The highest BCUT2D eigenvalue weighted by molar-refractivity contribution is 6.12. The molecule has 0 bridgehead atoms. The zero-order chi connectivity index (χ0) is 30.6. The smallest absolute Gasteiger partial charge is 0.187 e. The second kappa shape index (κ2) is 10.4. The van der Waals surface area contributed by atoms with Gasteiger partial charge in [0.05, 0.1) is 40.0 Å². The molecule has 0 spiro atoms. The Morgan fingerprint density at radius 2 is 0.848 bits per heavy atom. The lowest BCUT2D eigenvalue weighted by Crippen LogP contribution is -2.03. The summed E-state index contributed by atoms with van der Waals surface area (Å²) in [6, 6.07) is 57.9. The molecule has 3 heteroatoms. The molecule has 9 rings (SSSR count). The number of hydrogen-bond donors (Lipinski definition) is 0. The average molecular weight is 586 g/mol. The fourth-order valence-electron chi connectivity index (χ4n) is 7.22. The summed E-state index contributed by atoms with van der Waals surface area (Å²) in [5.74, 6) is 0. The van der Waals surface area contributed by atoms with Gasteiger partial charge >= 0.3 is 0 Å². The minimum atomic E-state index is 0.627. The van der Waals surface area contributed by atoms with Crippen molar-refractivity contribution in [3.8, 4) is 33.6 Å². The Hall–Kier alpha value is -6.37. The number of aromatic nitrogens is 2. The minimum absolute atomic E-state index is 0.627. The highest BCUT2D eigenvalue weighted by atomic mass is 15.0. The molecule has 7 aromatic carbocycles. The maximum Gasteiger partial charge on any atom is 0.187 e. The lowest BCUT2D eigenvalue weighted by molar-refractivity contribution is 1.16. The molecule has 0 fully saturated rings. The van der Waals surface area contributed by atoms with E-state index in [1.807, 2.05) is 18.2 Å². The van der Waals surface area contributed by atoms with E-state index in [9.17, 15) is 0 Å². The lowest BCUT2D eigenvalue weighted by Gasteiger charge is -2.21. The molecule has 214 valence electrons. The Labute approximate surface area is 266 Å². The maximum atomic E-state index is 7.75. The quantitative estimate of drug-likeness (QED) is 0.182. The van der Waals surface area contributed by atoms with E-state index in [0.717, 1.165) is 44.7 Å². The average Bonchev–Trinajstić information content (AvgIpc) is 3.64. The Morgan fingerprint density at radius 1 is 0.391 bits per heavy atom. The molecule has 0 N–H and O–H groups in total. The summed E-state index contributed by atoms with van der Waals surface area (Å²) in [5.41, 5.74) is 11.8. The van der Waals surface area contributed by atoms with Crippen molar-refractivity contribution in [3.05, 3.63) is 175 Å². The van der Waals surface area contributed by atoms with Crippen molar-refractivity contribution in [2.24, 2.45) is 0 Å². The van der Waals surface area contributed by atoms with Crippen LogP contribution in [0.1, 0.15) is 0 Å². The number of hydrogen-bond acceptors (Lipinski definition) is 0. The van der Waals surface area contributed by atoms with Crippen molar-refractivity contribution in [1.82, 2.24) is 9.13 Å². The third-order valence-corrected chi connectivity index (χ3v) is 9.14. The predicted octanol–water partition coefficient (Wildman–Crippen LogP) is 11.8. The van der Waals surface area contributed by atoms with E-state index < -0.39 is 0 Å². The molecule has 0 aliphatic carbocycles. The standard InChI is InChI=1S/C43H27N3/c1-44-30-15-12-14-29(28-30)31-21-13-22-37(43(31)46-41-26-10-4-18-34(41)35-19-5-11-27-42(35)46)36-20-6-9-25-40(36)45-38-23-7-2-16-32(38)33-17-3-8-24-39(33)45/h2-28H. The predicted molar refractivity (Wildman–Crippen MR) is 192 cm³/mol. The molecule has 2 aromatic heterocycles. The van der Waals surface area contributed by atoms with Crippen LogP contribution < -0.4 is 0 Å². The van der Waals surface area contributed by atoms with Gasteiger partial charge in [-0.1, -0.05) is 127 Å². The van der Waals surface area contributed by atoms with Gasteiger partial charge in [0.1, 0.15) is 0 Å². The van der Waals surface area contributed by atoms with Crippen LogP contribution in [-0.2, 0) is 0 Å². The molecule has 0 aliphatic rings. The van der Waals surface area contributed by atoms with Gasteiger partial charge in [-0.05, 0) is 42.0 Å². The van der Waals surface area contributed by atoms with Gasteiger partial charge in [0.25, 0.3) is 0 Å². The van der Waals surface area contributed by atoms with Crippen molar-refractivity contribution in [2.45, 2.75) is 0 Å². The van der Waals surface area contributed by atoms with Crippen LogP contribution in [0.25, 0.3) is 82.1 Å². The van der Waals surface area contributed by atoms with E-state index in [1.165, 1.54) is 32.6 Å². The van der Waals surface area contributed by atoms with Crippen LogP contribution in [0.4, 0.5) is 5.69 Å². The van der Waals surface area contributed by atoms with Crippen molar-refractivity contribution < 1.29 is 0 Å². The Balaban J connectivity index is 1.44. The molecular weight excluding hydrogens is 558 g/mol. The summed E-state index contributed by atoms with van der Waals surface area (Å²) < 4.78 is 4.82. The molecule has 0 radical (unpaired) electrons. The van der Waals surface area contributed by atoms with Crippen LogP contribution in [0.2, 0.25) is 0 Å². The van der Waals surface area contributed by atoms with Crippen molar-refractivity contribution >= 4 is 49.3 Å². The summed E-state index contributed by atoms with van der Waals surface area (Å²) >= 11 is 0. The zero-order valence-corrected chi connectivity index (χ0v) is 24.9. The van der Waals surface area contributed by atoms with E-state index in [4.69, 9.17) is 6.57 Å². The van der Waals surface area contributed by atoms with E-state index in [0.29, 0.717) is 5.69 Å². The van der Waals surface area contributed by atoms with Crippen LogP contribution in [-0.4, -0.2) is 9.13 Å². The third-order valence-electron chi connectivity index (χ3n) is 9.14. The van der Waals surface area contributed by atoms with Crippen molar-refractivity contribution in [3.63, 3.8) is 0 Å². The second-order valence-electron chi connectivity index (χ2n) is 11.6. The molecule has 2 heterocycles. The van der Waals surface area contributed by atoms with Gasteiger partial charge in [0.15, 0.2) is 5.69 Å². The largest absolute Gasteiger partial charge is 0.309 e. The normalized spacial score (nSPS) is 11.5. The summed E-state index contributed by atoms with van der Waals surface area (Å²) in [4.78, 5) is 3.78. The van der Waals surface area contributed by atoms with Gasteiger partial charge in [-0.15, -0.1) is 0 Å². The molecule has 9 aromatic rings. The first kappa shape index (κ1) is 26.1. The van der Waals surface area contributed by atoms with E-state index in [2.05, 4.69) is 160 Å². The highest BCUT2D eigenvalue weighted by Gasteiger charge is 2.22. The SMILES string of the molecule is [C-]#[N+]c1cccc(-c2cccc(-c3ccccc3-n3c4ccccc4c4ccccc43)c2-n2c3ccccc3c3ccccc32)c1. The van der Waals surface area contributed by atoms with Crippen molar-refractivity contribution in [2.75, 3.05) is 0 Å². The van der Waals surface area contributed by atoms with Crippen LogP contribution in [0.15, 0.2) is 164 Å². The van der Waals surface area contributed by atoms with E-state index in [-0.39, 0.29) is 0 Å². The number of rotatable bonds is 4. The van der Waals surface area contributed by atoms with Gasteiger partial charge in [-0.25, -0.2) is 4.85 Å². The van der Waals surface area contributed by atoms with Gasteiger partial charge in [0, 0.05) is 38.2 Å². The summed E-state index contributed by atoms with van der Waals surface area (Å²) in [6.45, 7) is 7.75. The minimum Gasteiger partial charge on any atom is -0.309 e. The zero-order valence-electron chi connectivity index (χ0n) is 24.9. The third kappa shape index (κ3) is 3.84. The fourth-order valence-corrected chi connectivity index (χ4v) is 7.22. The van der Waals surface area contributed by atoms with Gasteiger partial charge in [-0.3, -0.25) is 0 Å². The Bertz CT molecular complexity index is 2560. The fraction of sp³-hybridized carbons (Fsp3) is 0. The maximum absolute atomic E-state index is 7.75. The molecule has 0 amide bonds. The van der Waals surface area contributed by atoms with Gasteiger partial charge in [0.2, 0.25) is 0 Å². The van der Waals surface area contributed by atoms with E-state index >= 15 is 0 Å². The first-order valence-electron chi connectivity index (χ1n) is 15.5. The molecule has 0 saturated carbocycles. The van der Waals surface area contributed by atoms with Crippen LogP contribution in [0, 0.1) is 6.57 Å². The number of nitrogens with zero attached hydrogens (tertiary/aromatic N) is 3. The molecule has 0 atom stereocenters.